The molecule has 4 N–H and O–H groups in total. The fraction of sp³-hybridized carbons (Fsp3) is 0.737. The van der Waals surface area contributed by atoms with Gasteiger partial charge in [0, 0.05) is 37.5 Å². The SMILES string of the molecule is CCNC(=NCCCN1CCCC(C(N)=O)C1)NCCc1nc(C)c(C)s1.I. The van der Waals surface area contributed by atoms with Crippen LogP contribution in [0.15, 0.2) is 4.99 Å². The number of halogens is 1. The third-order valence-electron chi connectivity index (χ3n) is 4.86. The van der Waals surface area contributed by atoms with E-state index in [1.165, 1.54) is 9.88 Å². The lowest BCUT2D eigenvalue weighted by Crippen LogP contribution is -2.41. The van der Waals surface area contributed by atoms with E-state index in [0.29, 0.717) is 0 Å². The minimum Gasteiger partial charge on any atom is -0.369 e. The number of nitrogens with one attached hydrogen (secondary N) is 2. The van der Waals surface area contributed by atoms with Gasteiger partial charge in [-0.2, -0.15) is 0 Å². The average molecular weight is 523 g/mol. The Hall–Kier alpha value is -0.940. The number of aromatic nitrogens is 1. The summed E-state index contributed by atoms with van der Waals surface area (Å²) in [6.07, 6.45) is 3.87. The zero-order valence-corrected chi connectivity index (χ0v) is 20.4. The summed E-state index contributed by atoms with van der Waals surface area (Å²) in [6.45, 7) is 11.5. The van der Waals surface area contributed by atoms with Crippen LogP contribution in [0.1, 0.15) is 41.8 Å². The van der Waals surface area contributed by atoms with Crippen LogP contribution in [0.5, 0.6) is 0 Å². The number of rotatable bonds is 9. The second-order valence-corrected chi connectivity index (χ2v) is 8.37. The van der Waals surface area contributed by atoms with Crippen molar-refractivity contribution in [3.05, 3.63) is 15.6 Å². The lowest BCUT2D eigenvalue weighted by atomic mass is 9.97. The molecule has 1 amide bonds. The molecule has 2 rings (SSSR count). The smallest absolute Gasteiger partial charge is 0.221 e. The van der Waals surface area contributed by atoms with E-state index in [1.54, 1.807) is 11.3 Å². The molecule has 2 heterocycles. The van der Waals surface area contributed by atoms with Gasteiger partial charge in [-0.05, 0) is 53.1 Å². The van der Waals surface area contributed by atoms with Crippen LogP contribution in [-0.4, -0.2) is 61.0 Å². The maximum Gasteiger partial charge on any atom is 0.221 e. The quantitative estimate of drug-likeness (QED) is 0.200. The van der Waals surface area contributed by atoms with Crippen molar-refractivity contribution in [2.24, 2.45) is 16.6 Å². The Morgan fingerprint density at radius 3 is 2.82 bits per heavy atom. The molecule has 0 radical (unpaired) electrons. The zero-order chi connectivity index (χ0) is 19.6. The molecule has 0 saturated carbocycles. The molecule has 1 aliphatic heterocycles. The van der Waals surface area contributed by atoms with Crippen LogP contribution in [-0.2, 0) is 11.2 Å². The van der Waals surface area contributed by atoms with Crippen molar-refractivity contribution in [2.75, 3.05) is 39.3 Å². The van der Waals surface area contributed by atoms with Crippen LogP contribution in [0.2, 0.25) is 0 Å². The van der Waals surface area contributed by atoms with E-state index in [0.717, 1.165) is 76.6 Å². The number of carbonyl (C=O) groups is 1. The predicted octanol–water partition coefficient (Wildman–Crippen LogP) is 2.06. The zero-order valence-electron chi connectivity index (χ0n) is 17.3. The highest BCUT2D eigenvalue weighted by Crippen LogP contribution is 2.17. The second kappa shape index (κ2) is 13.3. The molecule has 7 nitrogen and oxygen atoms in total. The normalized spacial score (nSPS) is 17.8. The molecule has 0 aliphatic carbocycles. The van der Waals surface area contributed by atoms with E-state index >= 15 is 0 Å². The maximum absolute atomic E-state index is 11.4. The van der Waals surface area contributed by atoms with Gasteiger partial charge in [0.1, 0.15) is 0 Å². The summed E-state index contributed by atoms with van der Waals surface area (Å²) in [4.78, 5) is 24.2. The first-order valence-corrected chi connectivity index (χ1v) is 10.8. The summed E-state index contributed by atoms with van der Waals surface area (Å²) < 4.78 is 0. The Bertz CT molecular complexity index is 616. The lowest BCUT2D eigenvalue weighted by molar-refractivity contribution is -0.123. The molecule has 1 saturated heterocycles. The first kappa shape index (κ1) is 25.1. The molecular formula is C19H35IN6OS. The van der Waals surface area contributed by atoms with Gasteiger partial charge in [0.25, 0.3) is 0 Å². The predicted molar refractivity (Wildman–Crippen MR) is 128 cm³/mol. The first-order chi connectivity index (χ1) is 13.0. The van der Waals surface area contributed by atoms with Crippen molar-refractivity contribution in [3.63, 3.8) is 0 Å². The van der Waals surface area contributed by atoms with Crippen LogP contribution < -0.4 is 16.4 Å². The van der Waals surface area contributed by atoms with Crippen molar-refractivity contribution >= 4 is 47.2 Å². The van der Waals surface area contributed by atoms with Gasteiger partial charge in [-0.1, -0.05) is 0 Å². The minimum atomic E-state index is -0.165. The van der Waals surface area contributed by atoms with Gasteiger partial charge in [0.05, 0.1) is 16.6 Å². The van der Waals surface area contributed by atoms with Gasteiger partial charge in [-0.25, -0.2) is 4.98 Å². The third kappa shape index (κ3) is 8.60. The Labute approximate surface area is 190 Å². The van der Waals surface area contributed by atoms with E-state index < -0.39 is 0 Å². The van der Waals surface area contributed by atoms with Crippen molar-refractivity contribution in [1.82, 2.24) is 20.5 Å². The van der Waals surface area contributed by atoms with E-state index in [9.17, 15) is 4.79 Å². The number of aryl methyl sites for hydroxylation is 2. The first-order valence-electron chi connectivity index (χ1n) is 9.96. The molecule has 0 bridgehead atoms. The molecule has 1 aliphatic rings. The van der Waals surface area contributed by atoms with Crippen LogP contribution in [0.25, 0.3) is 0 Å². The summed E-state index contributed by atoms with van der Waals surface area (Å²) in [7, 11) is 0. The summed E-state index contributed by atoms with van der Waals surface area (Å²) in [5.41, 5.74) is 6.58. The second-order valence-electron chi connectivity index (χ2n) is 7.08. The van der Waals surface area contributed by atoms with E-state index in [4.69, 9.17) is 5.73 Å². The summed E-state index contributed by atoms with van der Waals surface area (Å²) in [5.74, 6) is 0.706. The van der Waals surface area contributed by atoms with Crippen molar-refractivity contribution in [3.8, 4) is 0 Å². The molecule has 28 heavy (non-hydrogen) atoms. The number of nitrogens with zero attached hydrogens (tertiary/aromatic N) is 3. The Kier molecular flexibility index (Phi) is 11.9. The number of thiazole rings is 1. The fourth-order valence-corrected chi connectivity index (χ4v) is 4.19. The van der Waals surface area contributed by atoms with Crippen LogP contribution in [0, 0.1) is 19.8 Å². The van der Waals surface area contributed by atoms with Gasteiger partial charge in [-0.15, -0.1) is 35.3 Å². The minimum absolute atomic E-state index is 0. The number of hydrogen-bond acceptors (Lipinski definition) is 5. The van der Waals surface area contributed by atoms with Crippen molar-refractivity contribution in [2.45, 2.75) is 46.5 Å². The van der Waals surface area contributed by atoms with Crippen LogP contribution >= 0.6 is 35.3 Å². The number of aliphatic imine (C=N–C) groups is 1. The van der Waals surface area contributed by atoms with Crippen LogP contribution in [0.3, 0.4) is 0 Å². The highest BCUT2D eigenvalue weighted by molar-refractivity contribution is 14.0. The summed E-state index contributed by atoms with van der Waals surface area (Å²) >= 11 is 1.77. The topological polar surface area (TPSA) is 95.6 Å². The number of nitrogens with two attached hydrogens (primary N) is 1. The van der Waals surface area contributed by atoms with Gasteiger partial charge >= 0.3 is 0 Å². The molecule has 1 aromatic heterocycles. The van der Waals surface area contributed by atoms with Crippen molar-refractivity contribution in [1.29, 1.82) is 0 Å². The van der Waals surface area contributed by atoms with E-state index in [2.05, 4.69) is 46.3 Å². The largest absolute Gasteiger partial charge is 0.369 e. The standard InChI is InChI=1S/C19H34N6OS.HI/c1-4-21-19(23-10-8-17-24-14(2)15(3)27-17)22-9-6-12-25-11-5-7-16(13-25)18(20)26;/h16H,4-13H2,1-3H3,(H2,20,26)(H2,21,22,23);1H. The number of guanidine groups is 1. The van der Waals surface area contributed by atoms with Gasteiger partial charge in [0.15, 0.2) is 5.96 Å². The highest BCUT2D eigenvalue weighted by Gasteiger charge is 2.23. The van der Waals surface area contributed by atoms with E-state index in [1.807, 2.05) is 0 Å². The molecule has 160 valence electrons. The maximum atomic E-state index is 11.4. The van der Waals surface area contributed by atoms with Gasteiger partial charge in [0.2, 0.25) is 5.91 Å². The summed E-state index contributed by atoms with van der Waals surface area (Å²) in [5, 5.41) is 7.85. The average Bonchev–Trinajstić information content (AvgIpc) is 2.96. The number of primary amides is 1. The number of carbonyl (C=O) groups excluding carboxylic acids is 1. The number of amides is 1. The fourth-order valence-electron chi connectivity index (χ4n) is 3.25. The summed E-state index contributed by atoms with van der Waals surface area (Å²) in [6, 6.07) is 0. The molecule has 9 heteroatoms. The Morgan fingerprint density at radius 1 is 1.39 bits per heavy atom. The van der Waals surface area contributed by atoms with Gasteiger partial charge < -0.3 is 21.3 Å². The van der Waals surface area contributed by atoms with Crippen molar-refractivity contribution < 1.29 is 4.79 Å². The third-order valence-corrected chi connectivity index (χ3v) is 5.99. The Balaban J connectivity index is 0.00000392. The number of piperidine rings is 1. The van der Waals surface area contributed by atoms with E-state index in [-0.39, 0.29) is 35.8 Å². The molecular weight excluding hydrogens is 487 g/mol. The molecule has 1 aromatic rings. The van der Waals surface area contributed by atoms with Crippen LogP contribution in [0.4, 0.5) is 0 Å². The molecule has 0 aromatic carbocycles. The molecule has 1 fully saturated rings. The molecule has 1 atom stereocenters. The number of hydrogen-bond donors (Lipinski definition) is 3. The molecule has 0 spiro atoms. The number of likely N-dealkylation sites (tertiary alicyclic amines) is 1. The van der Waals surface area contributed by atoms with Gasteiger partial charge in [-0.3, -0.25) is 9.79 Å². The monoisotopic (exact) mass is 522 g/mol. The lowest BCUT2D eigenvalue weighted by Gasteiger charge is -2.30. The molecule has 1 unspecified atom stereocenters. The Morgan fingerprint density at radius 2 is 2.18 bits per heavy atom. The highest BCUT2D eigenvalue weighted by atomic mass is 127.